The summed E-state index contributed by atoms with van der Waals surface area (Å²) in [5.41, 5.74) is 0.575. The summed E-state index contributed by atoms with van der Waals surface area (Å²) in [5, 5.41) is 9.32. The Hall–Kier alpha value is -1.16. The molecule has 3 rings (SSSR count). The van der Waals surface area contributed by atoms with Crippen LogP contribution in [-0.2, 0) is 6.61 Å². The van der Waals surface area contributed by atoms with Crippen LogP contribution in [0.1, 0.15) is 31.2 Å². The van der Waals surface area contributed by atoms with Gasteiger partial charge in [0, 0.05) is 19.2 Å². The first kappa shape index (κ1) is 12.9. The van der Waals surface area contributed by atoms with Gasteiger partial charge in [0.15, 0.2) is 0 Å². The number of fused-ring (bicyclic) bond motifs is 2. The molecule has 19 heavy (non-hydrogen) atoms. The zero-order chi connectivity index (χ0) is 13.4. The molecule has 0 saturated heterocycles. The van der Waals surface area contributed by atoms with Crippen molar-refractivity contribution in [3.63, 3.8) is 0 Å². The van der Waals surface area contributed by atoms with E-state index < -0.39 is 0 Å². The minimum atomic E-state index is -0.388. The van der Waals surface area contributed by atoms with Crippen molar-refractivity contribution in [3.05, 3.63) is 23.6 Å². The standard InChI is InChI=1S/C15H21FN2O/c1-18(8-12-5-10-2-3-11(12)4-10)15-13(9-19)6-14(16)7-17-15/h6-7,10-12,19H,2-5,8-9H2,1H3. The summed E-state index contributed by atoms with van der Waals surface area (Å²) >= 11 is 0. The Morgan fingerprint density at radius 1 is 1.42 bits per heavy atom. The Kier molecular flexibility index (Phi) is 3.44. The summed E-state index contributed by atoms with van der Waals surface area (Å²) < 4.78 is 13.1. The maximum atomic E-state index is 13.1. The van der Waals surface area contributed by atoms with Crippen LogP contribution in [0.4, 0.5) is 10.2 Å². The minimum Gasteiger partial charge on any atom is -0.392 e. The molecule has 1 aromatic rings. The third kappa shape index (κ3) is 2.46. The smallest absolute Gasteiger partial charge is 0.142 e. The van der Waals surface area contributed by atoms with Gasteiger partial charge in [-0.1, -0.05) is 6.42 Å². The van der Waals surface area contributed by atoms with Gasteiger partial charge in [-0.05, 0) is 43.1 Å². The van der Waals surface area contributed by atoms with Crippen LogP contribution < -0.4 is 4.90 Å². The quantitative estimate of drug-likeness (QED) is 0.908. The van der Waals surface area contributed by atoms with Crippen molar-refractivity contribution in [1.29, 1.82) is 0 Å². The Labute approximate surface area is 113 Å². The molecule has 0 radical (unpaired) electrons. The lowest BCUT2D eigenvalue weighted by Gasteiger charge is -2.28. The number of aliphatic hydroxyl groups is 1. The second-order valence-electron chi connectivity index (χ2n) is 6.11. The number of anilines is 1. The molecule has 3 nitrogen and oxygen atoms in total. The Morgan fingerprint density at radius 2 is 2.26 bits per heavy atom. The Balaban J connectivity index is 1.71. The number of nitrogens with zero attached hydrogens (tertiary/aromatic N) is 2. The molecule has 1 N–H and O–H groups in total. The number of rotatable bonds is 4. The summed E-state index contributed by atoms with van der Waals surface area (Å²) in [6.07, 6.45) is 6.72. The highest BCUT2D eigenvalue weighted by Gasteiger charge is 2.39. The molecular weight excluding hydrogens is 243 g/mol. The molecule has 3 atom stereocenters. The first-order valence-electron chi connectivity index (χ1n) is 7.13. The third-order valence-corrected chi connectivity index (χ3v) is 4.83. The fourth-order valence-electron chi connectivity index (χ4n) is 3.97. The first-order chi connectivity index (χ1) is 9.17. The predicted molar refractivity (Wildman–Crippen MR) is 72.3 cm³/mol. The van der Waals surface area contributed by atoms with E-state index in [1.165, 1.54) is 37.9 Å². The van der Waals surface area contributed by atoms with Gasteiger partial charge in [-0.15, -0.1) is 0 Å². The second kappa shape index (κ2) is 5.08. The number of hydrogen-bond acceptors (Lipinski definition) is 3. The Morgan fingerprint density at radius 3 is 2.89 bits per heavy atom. The van der Waals surface area contributed by atoms with E-state index >= 15 is 0 Å². The maximum Gasteiger partial charge on any atom is 0.142 e. The van der Waals surface area contributed by atoms with Crippen molar-refractivity contribution >= 4 is 5.82 Å². The van der Waals surface area contributed by atoms with Crippen molar-refractivity contribution in [3.8, 4) is 0 Å². The molecule has 0 aromatic carbocycles. The van der Waals surface area contributed by atoms with Gasteiger partial charge in [0.2, 0.25) is 0 Å². The van der Waals surface area contributed by atoms with E-state index in [1.807, 2.05) is 7.05 Å². The summed E-state index contributed by atoms with van der Waals surface area (Å²) in [4.78, 5) is 6.22. The average molecular weight is 264 g/mol. The molecule has 1 aromatic heterocycles. The summed E-state index contributed by atoms with van der Waals surface area (Å²) in [6.45, 7) is 0.800. The normalized spacial score (nSPS) is 28.9. The van der Waals surface area contributed by atoms with Crippen LogP contribution in [0.3, 0.4) is 0 Å². The van der Waals surface area contributed by atoms with Crippen molar-refractivity contribution in [2.45, 2.75) is 32.3 Å². The third-order valence-electron chi connectivity index (χ3n) is 4.83. The molecule has 0 spiro atoms. The van der Waals surface area contributed by atoms with Crippen LogP contribution in [0.15, 0.2) is 12.3 Å². The molecule has 2 fully saturated rings. The fraction of sp³-hybridized carbons (Fsp3) is 0.667. The van der Waals surface area contributed by atoms with Crippen LogP contribution in [0.2, 0.25) is 0 Å². The van der Waals surface area contributed by atoms with Crippen LogP contribution >= 0.6 is 0 Å². The predicted octanol–water partition coefficient (Wildman–Crippen LogP) is 2.59. The maximum absolute atomic E-state index is 13.1. The number of hydrogen-bond donors (Lipinski definition) is 1. The van der Waals surface area contributed by atoms with Gasteiger partial charge in [0.05, 0.1) is 12.8 Å². The molecule has 2 aliphatic rings. The molecule has 104 valence electrons. The molecule has 0 aliphatic heterocycles. The van der Waals surface area contributed by atoms with E-state index in [1.54, 1.807) is 0 Å². The lowest BCUT2D eigenvalue weighted by Crippen LogP contribution is -2.30. The lowest BCUT2D eigenvalue weighted by molar-refractivity contribution is 0.280. The summed E-state index contributed by atoms with van der Waals surface area (Å²) in [6, 6.07) is 1.37. The van der Waals surface area contributed by atoms with Gasteiger partial charge in [-0.3, -0.25) is 0 Å². The zero-order valence-corrected chi connectivity index (χ0v) is 11.3. The topological polar surface area (TPSA) is 36.4 Å². The molecule has 3 unspecified atom stereocenters. The van der Waals surface area contributed by atoms with E-state index in [9.17, 15) is 9.50 Å². The monoisotopic (exact) mass is 264 g/mol. The SMILES string of the molecule is CN(CC1CC2CCC1C2)c1ncc(F)cc1CO. The summed E-state index contributed by atoms with van der Waals surface area (Å²) in [7, 11) is 1.99. The van der Waals surface area contributed by atoms with Crippen molar-refractivity contribution in [2.75, 3.05) is 18.5 Å². The van der Waals surface area contributed by atoms with Crippen molar-refractivity contribution in [1.82, 2.24) is 4.98 Å². The highest BCUT2D eigenvalue weighted by atomic mass is 19.1. The number of aliphatic hydroxyl groups excluding tert-OH is 1. The van der Waals surface area contributed by atoms with Gasteiger partial charge in [-0.2, -0.15) is 0 Å². The first-order valence-corrected chi connectivity index (χ1v) is 7.13. The van der Waals surface area contributed by atoms with Crippen molar-refractivity contribution in [2.24, 2.45) is 17.8 Å². The van der Waals surface area contributed by atoms with Gasteiger partial charge >= 0.3 is 0 Å². The number of pyridine rings is 1. The second-order valence-corrected chi connectivity index (χ2v) is 6.11. The van der Waals surface area contributed by atoms with E-state index in [4.69, 9.17) is 0 Å². The minimum absolute atomic E-state index is 0.166. The van der Waals surface area contributed by atoms with E-state index in [2.05, 4.69) is 9.88 Å². The molecule has 0 amide bonds. The molecule has 2 bridgehead atoms. The van der Waals surface area contributed by atoms with Crippen LogP contribution in [0.5, 0.6) is 0 Å². The number of halogens is 1. The fourth-order valence-corrected chi connectivity index (χ4v) is 3.97. The van der Waals surface area contributed by atoms with Crippen molar-refractivity contribution < 1.29 is 9.50 Å². The van der Waals surface area contributed by atoms with Gasteiger partial charge in [0.1, 0.15) is 11.6 Å². The number of aromatic nitrogens is 1. The van der Waals surface area contributed by atoms with Crippen LogP contribution in [-0.4, -0.2) is 23.7 Å². The highest BCUT2D eigenvalue weighted by molar-refractivity contribution is 5.45. The van der Waals surface area contributed by atoms with Gasteiger partial charge in [-0.25, -0.2) is 9.37 Å². The van der Waals surface area contributed by atoms with E-state index in [-0.39, 0.29) is 12.4 Å². The molecule has 4 heteroatoms. The molecule has 2 saturated carbocycles. The average Bonchev–Trinajstić information content (AvgIpc) is 3.00. The van der Waals surface area contributed by atoms with Crippen LogP contribution in [0.25, 0.3) is 0 Å². The summed E-state index contributed by atoms with van der Waals surface area (Å²) in [5.74, 6) is 2.86. The van der Waals surface area contributed by atoms with E-state index in [0.29, 0.717) is 11.4 Å². The van der Waals surface area contributed by atoms with Crippen LogP contribution in [0, 0.1) is 23.6 Å². The molecule has 2 aliphatic carbocycles. The zero-order valence-electron chi connectivity index (χ0n) is 11.3. The van der Waals surface area contributed by atoms with E-state index in [0.717, 1.165) is 24.3 Å². The van der Waals surface area contributed by atoms with Gasteiger partial charge < -0.3 is 10.0 Å². The lowest BCUT2D eigenvalue weighted by atomic mass is 9.88. The molecular formula is C15H21FN2O. The van der Waals surface area contributed by atoms with Gasteiger partial charge in [0.25, 0.3) is 0 Å². The largest absolute Gasteiger partial charge is 0.392 e. The highest BCUT2D eigenvalue weighted by Crippen LogP contribution is 2.48. The Bertz CT molecular complexity index is 465. The molecule has 1 heterocycles.